The van der Waals surface area contributed by atoms with E-state index in [1.165, 1.54) is 0 Å². The van der Waals surface area contributed by atoms with Gasteiger partial charge in [-0.05, 0) is 20.8 Å². The van der Waals surface area contributed by atoms with Crippen LogP contribution in [0, 0.1) is 0 Å². The summed E-state index contributed by atoms with van der Waals surface area (Å²) in [7, 11) is 0. The Labute approximate surface area is 99.6 Å². The lowest BCUT2D eigenvalue weighted by molar-refractivity contribution is -0.0392. The highest BCUT2D eigenvalue weighted by atomic mass is 16.7. The van der Waals surface area contributed by atoms with Crippen LogP contribution in [0.15, 0.2) is 12.2 Å². The molecule has 0 unspecified atom stereocenters. The number of ether oxygens (including phenoxy) is 2. The van der Waals surface area contributed by atoms with E-state index in [2.05, 4.69) is 5.32 Å². The van der Waals surface area contributed by atoms with Crippen molar-refractivity contribution in [2.24, 2.45) is 0 Å². The Balaban J connectivity index is 2.62. The van der Waals surface area contributed by atoms with Gasteiger partial charge in [-0.1, -0.05) is 12.2 Å². The summed E-state index contributed by atoms with van der Waals surface area (Å²) in [5, 5.41) is 11.1. The second kappa shape index (κ2) is 4.65. The van der Waals surface area contributed by atoms with Crippen molar-refractivity contribution >= 4 is 12.2 Å². The molecule has 0 spiro atoms. The van der Waals surface area contributed by atoms with Gasteiger partial charge in [0.05, 0.1) is 0 Å². The molecular formula is C11H17NO5. The summed E-state index contributed by atoms with van der Waals surface area (Å²) >= 11 is 0. The van der Waals surface area contributed by atoms with Crippen molar-refractivity contribution in [2.45, 2.75) is 44.9 Å². The third-order valence-corrected chi connectivity index (χ3v) is 2.07. The summed E-state index contributed by atoms with van der Waals surface area (Å²) in [6, 6.07) is 0. The van der Waals surface area contributed by atoms with Crippen LogP contribution in [0.4, 0.5) is 9.59 Å². The predicted octanol–water partition coefficient (Wildman–Crippen LogP) is 2.25. The monoisotopic (exact) mass is 243 g/mol. The van der Waals surface area contributed by atoms with E-state index in [1.807, 2.05) is 0 Å². The van der Waals surface area contributed by atoms with Crippen LogP contribution in [0.25, 0.3) is 0 Å². The fourth-order valence-corrected chi connectivity index (χ4v) is 1.50. The van der Waals surface area contributed by atoms with E-state index in [0.29, 0.717) is 12.8 Å². The number of rotatable bonds is 2. The zero-order chi connectivity index (χ0) is 13.1. The molecule has 6 nitrogen and oxygen atoms in total. The van der Waals surface area contributed by atoms with Crippen LogP contribution in [0.3, 0.4) is 0 Å². The quantitative estimate of drug-likeness (QED) is 0.441. The Hall–Kier alpha value is -1.72. The molecule has 1 rings (SSSR count). The molecule has 6 heteroatoms. The van der Waals surface area contributed by atoms with Gasteiger partial charge < -0.3 is 14.6 Å². The van der Waals surface area contributed by atoms with Crippen molar-refractivity contribution < 1.29 is 24.2 Å². The molecule has 1 aliphatic rings. The van der Waals surface area contributed by atoms with Gasteiger partial charge in [0, 0.05) is 12.8 Å². The Bertz CT molecular complexity index is 334. The average Bonchev–Trinajstić information content (AvgIpc) is 2.47. The molecule has 0 aromatic rings. The van der Waals surface area contributed by atoms with Gasteiger partial charge >= 0.3 is 12.2 Å². The van der Waals surface area contributed by atoms with Crippen molar-refractivity contribution in [3.63, 3.8) is 0 Å². The first-order chi connectivity index (χ1) is 7.72. The summed E-state index contributed by atoms with van der Waals surface area (Å²) < 4.78 is 9.78. The summed E-state index contributed by atoms with van der Waals surface area (Å²) in [6.45, 7) is 5.18. The Morgan fingerprint density at radius 3 is 2.24 bits per heavy atom. The molecule has 0 radical (unpaired) electrons. The van der Waals surface area contributed by atoms with E-state index in [9.17, 15) is 9.59 Å². The minimum Gasteiger partial charge on any atom is -0.450 e. The molecular weight excluding hydrogens is 226 g/mol. The number of alkyl carbamates (subject to hydrolysis) is 1. The maximum Gasteiger partial charge on any atom is 0.507 e. The minimum atomic E-state index is -1.43. The smallest absolute Gasteiger partial charge is 0.450 e. The topological polar surface area (TPSA) is 84.9 Å². The molecule has 0 aromatic heterocycles. The summed E-state index contributed by atoms with van der Waals surface area (Å²) in [5.74, 6) is 0. The third kappa shape index (κ3) is 4.34. The van der Waals surface area contributed by atoms with Crippen LogP contribution >= 0.6 is 0 Å². The molecule has 0 aliphatic heterocycles. The van der Waals surface area contributed by atoms with E-state index < -0.39 is 23.6 Å². The second-order valence-corrected chi connectivity index (χ2v) is 4.87. The lowest BCUT2D eigenvalue weighted by Crippen LogP contribution is -2.51. The van der Waals surface area contributed by atoms with E-state index in [-0.39, 0.29) is 0 Å². The average molecular weight is 243 g/mol. The highest BCUT2D eigenvalue weighted by Crippen LogP contribution is 2.25. The largest absolute Gasteiger partial charge is 0.507 e. The zero-order valence-corrected chi connectivity index (χ0v) is 10.1. The lowest BCUT2D eigenvalue weighted by Gasteiger charge is -2.30. The number of carbonyl (C=O) groups is 2. The normalized spacial score (nSPS) is 17.6. The number of carbonyl (C=O) groups excluding carboxylic acids is 1. The van der Waals surface area contributed by atoms with Crippen molar-refractivity contribution in [3.05, 3.63) is 12.2 Å². The number of amides is 1. The molecule has 0 heterocycles. The third-order valence-electron chi connectivity index (χ3n) is 2.07. The first-order valence-electron chi connectivity index (χ1n) is 5.31. The van der Waals surface area contributed by atoms with Gasteiger partial charge in [0.25, 0.3) is 0 Å². The van der Waals surface area contributed by atoms with E-state index in [1.54, 1.807) is 32.9 Å². The maximum absolute atomic E-state index is 11.6. The summed E-state index contributed by atoms with van der Waals surface area (Å²) in [5.41, 5.74) is -1.87. The van der Waals surface area contributed by atoms with Crippen LogP contribution in [0.2, 0.25) is 0 Å². The highest BCUT2D eigenvalue weighted by molar-refractivity contribution is 5.69. The van der Waals surface area contributed by atoms with Gasteiger partial charge in [-0.2, -0.15) is 0 Å². The number of hydrogen-bond acceptors (Lipinski definition) is 4. The SMILES string of the molecule is CC(C)(C)OC(=O)NC1(OC(=O)O)CC=CC1. The predicted molar refractivity (Wildman–Crippen MR) is 59.6 cm³/mol. The van der Waals surface area contributed by atoms with Crippen LogP contribution in [-0.2, 0) is 9.47 Å². The van der Waals surface area contributed by atoms with Gasteiger partial charge in [0.2, 0.25) is 0 Å². The van der Waals surface area contributed by atoms with Crippen LogP contribution < -0.4 is 5.32 Å². The molecule has 0 atom stereocenters. The summed E-state index contributed by atoms with van der Waals surface area (Å²) in [6.07, 6.45) is 1.99. The fraction of sp³-hybridized carbons (Fsp3) is 0.636. The molecule has 0 bridgehead atoms. The van der Waals surface area contributed by atoms with Crippen LogP contribution in [-0.4, -0.2) is 28.7 Å². The van der Waals surface area contributed by atoms with Gasteiger partial charge in [0.15, 0.2) is 5.72 Å². The Kier molecular flexibility index (Phi) is 3.65. The highest BCUT2D eigenvalue weighted by Gasteiger charge is 2.38. The second-order valence-electron chi connectivity index (χ2n) is 4.87. The molecule has 1 aliphatic carbocycles. The first kappa shape index (κ1) is 13.3. The van der Waals surface area contributed by atoms with Gasteiger partial charge in [0.1, 0.15) is 5.60 Å². The minimum absolute atomic E-state index is 0.304. The van der Waals surface area contributed by atoms with Crippen molar-refractivity contribution in [2.75, 3.05) is 0 Å². The molecule has 1 amide bonds. The molecule has 0 aromatic carbocycles. The molecule has 96 valence electrons. The van der Waals surface area contributed by atoms with Crippen molar-refractivity contribution in [1.29, 1.82) is 0 Å². The fourth-order valence-electron chi connectivity index (χ4n) is 1.50. The van der Waals surface area contributed by atoms with Crippen LogP contribution in [0.5, 0.6) is 0 Å². The number of carboxylic acid groups (broad SMARTS) is 1. The molecule has 0 saturated carbocycles. The Morgan fingerprint density at radius 2 is 1.82 bits per heavy atom. The Morgan fingerprint density at radius 1 is 1.29 bits per heavy atom. The number of hydrogen-bond donors (Lipinski definition) is 2. The van der Waals surface area contributed by atoms with Crippen molar-refractivity contribution in [3.8, 4) is 0 Å². The van der Waals surface area contributed by atoms with Gasteiger partial charge in [-0.25, -0.2) is 9.59 Å². The molecule has 2 N–H and O–H groups in total. The number of nitrogens with one attached hydrogen (secondary N) is 1. The molecule has 0 fully saturated rings. The first-order valence-corrected chi connectivity index (χ1v) is 5.31. The standard InChI is InChI=1S/C11H17NO5/c1-10(2,3)16-8(13)12-11(17-9(14)15)6-4-5-7-11/h4-5H,6-7H2,1-3H3,(H,12,13)(H,14,15). The molecule has 17 heavy (non-hydrogen) atoms. The zero-order valence-electron chi connectivity index (χ0n) is 10.1. The van der Waals surface area contributed by atoms with Gasteiger partial charge in [-0.15, -0.1) is 0 Å². The summed E-state index contributed by atoms with van der Waals surface area (Å²) in [4.78, 5) is 22.2. The lowest BCUT2D eigenvalue weighted by atomic mass is 10.1. The maximum atomic E-state index is 11.6. The van der Waals surface area contributed by atoms with Crippen LogP contribution in [0.1, 0.15) is 33.6 Å². The van der Waals surface area contributed by atoms with Gasteiger partial charge in [-0.3, -0.25) is 5.32 Å². The van der Waals surface area contributed by atoms with E-state index in [4.69, 9.17) is 14.6 Å². The van der Waals surface area contributed by atoms with E-state index in [0.717, 1.165) is 0 Å². The van der Waals surface area contributed by atoms with Crippen molar-refractivity contribution in [1.82, 2.24) is 5.32 Å². The van der Waals surface area contributed by atoms with E-state index >= 15 is 0 Å². The molecule has 0 saturated heterocycles.